The van der Waals surface area contributed by atoms with Crippen molar-refractivity contribution in [2.45, 2.75) is 33.4 Å². The van der Waals surface area contributed by atoms with Gasteiger partial charge < -0.3 is 23.7 Å². The van der Waals surface area contributed by atoms with E-state index in [0.717, 1.165) is 11.1 Å². The smallest absolute Gasteiger partial charge is 0.343 e. The molecule has 1 aliphatic heterocycles. The first-order chi connectivity index (χ1) is 23.5. The number of allylic oxidation sites excluding steroid dienone is 1. The summed E-state index contributed by atoms with van der Waals surface area (Å²) >= 11 is 14.4. The Bertz CT molecular complexity index is 2090. The van der Waals surface area contributed by atoms with Crippen LogP contribution in [0.2, 0.25) is 5.02 Å². The average Bonchev–Trinajstić information content (AvgIpc) is 3.37. The molecule has 5 rings (SSSR count). The second-order valence-corrected chi connectivity index (χ2v) is 13.7. The summed E-state index contributed by atoms with van der Waals surface area (Å²) in [7, 11) is 1.27. The van der Waals surface area contributed by atoms with E-state index in [1.54, 1.807) is 50.3 Å². The molecule has 0 bridgehead atoms. The fourth-order valence-corrected chi connectivity index (χ4v) is 7.70. The quantitative estimate of drug-likeness (QED) is 0.149. The van der Waals surface area contributed by atoms with E-state index in [1.807, 2.05) is 31.2 Å². The van der Waals surface area contributed by atoms with Crippen LogP contribution in [0.1, 0.15) is 43.5 Å². The largest absolute Gasteiger partial charge is 0.490 e. The van der Waals surface area contributed by atoms with Crippen LogP contribution in [0.3, 0.4) is 0 Å². The molecule has 0 fully saturated rings. The number of fused-ring (bicyclic) bond motifs is 1. The van der Waals surface area contributed by atoms with Crippen LogP contribution >= 0.6 is 54.8 Å². The highest BCUT2D eigenvalue weighted by Gasteiger charge is 2.34. The molecule has 0 aliphatic carbocycles. The molecular formula is C35H31Br2ClN2O8S. The lowest BCUT2D eigenvalue weighted by Crippen LogP contribution is -2.40. The van der Waals surface area contributed by atoms with E-state index in [1.165, 1.54) is 23.0 Å². The summed E-state index contributed by atoms with van der Waals surface area (Å²) < 4.78 is 30.9. The van der Waals surface area contributed by atoms with Crippen molar-refractivity contribution in [1.82, 2.24) is 4.57 Å². The van der Waals surface area contributed by atoms with Crippen molar-refractivity contribution in [1.29, 1.82) is 0 Å². The van der Waals surface area contributed by atoms with Crippen LogP contribution in [0.4, 0.5) is 0 Å². The number of benzene rings is 3. The lowest BCUT2D eigenvalue weighted by molar-refractivity contribution is -0.143. The van der Waals surface area contributed by atoms with Gasteiger partial charge in [0, 0.05) is 5.02 Å². The van der Waals surface area contributed by atoms with Gasteiger partial charge in [-0.3, -0.25) is 9.36 Å². The number of thiazole rings is 1. The molecule has 1 aromatic heterocycles. The van der Waals surface area contributed by atoms with Gasteiger partial charge in [0.2, 0.25) is 0 Å². The molecule has 1 aliphatic rings. The van der Waals surface area contributed by atoms with Gasteiger partial charge in [0.05, 0.1) is 51.1 Å². The van der Waals surface area contributed by atoms with Gasteiger partial charge in [-0.15, -0.1) is 0 Å². The number of halogens is 3. The standard InChI is InChI=1S/C35H31Br2ClN2O8S/c1-5-45-27-16-22(9-12-26(27)47-18-29(41)44-4)31-30(34(43)46-6-2)19(3)39-35-40(31)33(42)28(49-35)15-21-13-24(36)32(25(37)14-21)48-17-20-7-10-23(38)11-8-20/h7-16,31H,5-6,17-18H2,1-4H3/b28-15-/t31-/m0/s1. The van der Waals surface area contributed by atoms with Crippen molar-refractivity contribution in [3.05, 3.63) is 116 Å². The molecule has 0 N–H and O–H groups in total. The van der Waals surface area contributed by atoms with Gasteiger partial charge in [0.1, 0.15) is 12.4 Å². The SMILES string of the molecule is CCOC(=O)C1=C(C)N=c2s/c(=C\c3cc(Br)c(OCc4ccc(Cl)cc4)c(Br)c3)c(=O)n2[C@H]1c1ccc(OCC(=O)OC)c(OCC)c1. The molecule has 0 saturated heterocycles. The van der Waals surface area contributed by atoms with Gasteiger partial charge in [-0.2, -0.15) is 0 Å². The van der Waals surface area contributed by atoms with Gasteiger partial charge in [-0.1, -0.05) is 41.1 Å². The van der Waals surface area contributed by atoms with Crippen LogP contribution in [0.25, 0.3) is 6.08 Å². The fourth-order valence-electron chi connectivity index (χ4n) is 5.07. The van der Waals surface area contributed by atoms with Gasteiger partial charge in [-0.05, 0) is 112 Å². The summed E-state index contributed by atoms with van der Waals surface area (Å²) in [6.07, 6.45) is 1.76. The van der Waals surface area contributed by atoms with Crippen molar-refractivity contribution >= 4 is 72.8 Å². The molecule has 0 radical (unpaired) electrons. The minimum Gasteiger partial charge on any atom is -0.490 e. The maximum atomic E-state index is 14.2. The number of methoxy groups -OCH3 is 1. The van der Waals surface area contributed by atoms with Crippen LogP contribution in [0.15, 0.2) is 84.6 Å². The Morgan fingerprint density at radius 3 is 2.35 bits per heavy atom. The molecule has 0 saturated carbocycles. The van der Waals surface area contributed by atoms with Crippen LogP contribution in [-0.4, -0.2) is 43.4 Å². The number of rotatable bonds is 12. The summed E-state index contributed by atoms with van der Waals surface area (Å²) in [6, 6.07) is 15.3. The third-order valence-corrected chi connectivity index (χ3v) is 9.70. The highest BCUT2D eigenvalue weighted by Crippen LogP contribution is 2.37. The van der Waals surface area contributed by atoms with E-state index in [9.17, 15) is 14.4 Å². The Hall–Kier alpha value is -3.91. The normalized spacial score (nSPS) is 14.2. The molecule has 2 heterocycles. The summed E-state index contributed by atoms with van der Waals surface area (Å²) in [5, 5.41) is 0.648. The molecule has 4 aromatic rings. The predicted octanol–water partition coefficient (Wildman–Crippen LogP) is 6.51. The molecule has 0 amide bonds. The Kier molecular flexibility index (Phi) is 12.0. The van der Waals surface area contributed by atoms with Crippen LogP contribution in [0, 0.1) is 0 Å². The zero-order valence-corrected chi connectivity index (χ0v) is 31.6. The number of aromatic nitrogens is 1. The number of hydrogen-bond donors (Lipinski definition) is 0. The third-order valence-electron chi connectivity index (χ3n) is 7.29. The van der Waals surface area contributed by atoms with E-state index < -0.39 is 18.0 Å². The summed E-state index contributed by atoms with van der Waals surface area (Å²) in [6.45, 7) is 5.69. The summed E-state index contributed by atoms with van der Waals surface area (Å²) in [4.78, 5) is 44.4. The maximum absolute atomic E-state index is 14.2. The Morgan fingerprint density at radius 1 is 0.980 bits per heavy atom. The van der Waals surface area contributed by atoms with Gasteiger partial charge >= 0.3 is 11.9 Å². The van der Waals surface area contributed by atoms with Gasteiger partial charge in [0.25, 0.3) is 5.56 Å². The molecule has 3 aromatic carbocycles. The number of hydrogen-bond acceptors (Lipinski definition) is 10. The lowest BCUT2D eigenvalue weighted by Gasteiger charge is -2.25. The van der Waals surface area contributed by atoms with Crippen molar-refractivity contribution in [3.8, 4) is 17.2 Å². The molecule has 0 spiro atoms. The van der Waals surface area contributed by atoms with Crippen molar-refractivity contribution in [2.24, 2.45) is 4.99 Å². The molecule has 49 heavy (non-hydrogen) atoms. The first-order valence-electron chi connectivity index (χ1n) is 15.1. The number of esters is 2. The van der Waals surface area contributed by atoms with Gasteiger partial charge in [0.15, 0.2) is 22.9 Å². The molecule has 14 heteroatoms. The van der Waals surface area contributed by atoms with E-state index >= 15 is 0 Å². The predicted molar refractivity (Wildman–Crippen MR) is 193 cm³/mol. The van der Waals surface area contributed by atoms with Crippen LogP contribution in [0.5, 0.6) is 17.2 Å². The highest BCUT2D eigenvalue weighted by atomic mass is 79.9. The zero-order chi connectivity index (χ0) is 35.2. The first kappa shape index (κ1) is 36.4. The van der Waals surface area contributed by atoms with E-state index in [2.05, 4.69) is 41.6 Å². The Balaban J connectivity index is 1.56. The minimum atomic E-state index is -0.881. The highest BCUT2D eigenvalue weighted by molar-refractivity contribution is 9.11. The van der Waals surface area contributed by atoms with E-state index in [4.69, 9.17) is 30.5 Å². The number of carbonyl (C=O) groups is 2. The summed E-state index contributed by atoms with van der Waals surface area (Å²) in [5.41, 5.74) is 2.55. The number of ether oxygens (including phenoxy) is 5. The number of nitrogens with zero attached hydrogens (tertiary/aromatic N) is 2. The lowest BCUT2D eigenvalue weighted by atomic mass is 9.95. The third kappa shape index (κ3) is 8.29. The van der Waals surface area contributed by atoms with Crippen molar-refractivity contribution in [2.75, 3.05) is 26.9 Å². The van der Waals surface area contributed by atoms with Gasteiger partial charge in [-0.25, -0.2) is 14.6 Å². The summed E-state index contributed by atoms with van der Waals surface area (Å²) in [5.74, 6) is 0.0953. The van der Waals surface area contributed by atoms with E-state index in [-0.39, 0.29) is 24.3 Å². The topological polar surface area (TPSA) is 115 Å². The van der Waals surface area contributed by atoms with Crippen molar-refractivity contribution in [3.63, 3.8) is 0 Å². The fraction of sp³-hybridized carbons (Fsp3) is 0.257. The Morgan fingerprint density at radius 2 is 1.69 bits per heavy atom. The molecular weight excluding hydrogens is 804 g/mol. The van der Waals surface area contributed by atoms with E-state index in [0.29, 0.717) is 65.0 Å². The molecule has 1 atom stereocenters. The minimum absolute atomic E-state index is 0.139. The molecule has 0 unspecified atom stereocenters. The monoisotopic (exact) mass is 832 g/mol. The van der Waals surface area contributed by atoms with Crippen molar-refractivity contribution < 1.29 is 33.3 Å². The Labute approximate surface area is 307 Å². The first-order valence-corrected chi connectivity index (χ1v) is 17.8. The van der Waals surface area contributed by atoms with Crippen LogP contribution < -0.4 is 29.1 Å². The molecule has 10 nitrogen and oxygen atoms in total. The number of carbonyl (C=O) groups excluding carboxylic acids is 2. The second kappa shape index (κ2) is 16.2. The maximum Gasteiger partial charge on any atom is 0.343 e. The average molecular weight is 835 g/mol. The second-order valence-electron chi connectivity index (χ2n) is 10.5. The zero-order valence-electron chi connectivity index (χ0n) is 26.9. The molecule has 256 valence electrons. The van der Waals surface area contributed by atoms with Crippen LogP contribution in [-0.2, 0) is 25.7 Å².